The van der Waals surface area contributed by atoms with Crippen molar-refractivity contribution in [3.8, 4) is 0 Å². The lowest BCUT2D eigenvalue weighted by atomic mass is 9.72. The van der Waals surface area contributed by atoms with Gasteiger partial charge in [-0.2, -0.15) is 0 Å². The Morgan fingerprint density at radius 3 is 2.57 bits per heavy atom. The molecule has 2 rings (SSSR count). The second kappa shape index (κ2) is 2.34. The van der Waals surface area contributed by atoms with Gasteiger partial charge in [0.1, 0.15) is 0 Å². The molecule has 3 atom stereocenters. The van der Waals surface area contributed by atoms with E-state index in [1.165, 1.54) is 0 Å². The van der Waals surface area contributed by atoms with E-state index in [0.29, 0.717) is 12.7 Å². The van der Waals surface area contributed by atoms with Gasteiger partial charge in [-0.25, -0.2) is 4.79 Å². The lowest BCUT2D eigenvalue weighted by Crippen LogP contribution is -2.75. The number of esters is 1. The first-order chi connectivity index (χ1) is 6.52. The van der Waals surface area contributed by atoms with Gasteiger partial charge in [-0.15, -0.1) is 0 Å². The minimum atomic E-state index is -1.43. The van der Waals surface area contributed by atoms with Crippen molar-refractivity contribution in [3.05, 3.63) is 0 Å². The number of fused-ring (bicyclic) bond motifs is 1. The van der Waals surface area contributed by atoms with Crippen LogP contribution in [0.25, 0.3) is 0 Å². The molecule has 0 aromatic rings. The third-order valence-electron chi connectivity index (χ3n) is 3.30. The number of aldehydes is 1. The summed E-state index contributed by atoms with van der Waals surface area (Å²) in [4.78, 5) is 33.6. The highest BCUT2D eigenvalue weighted by molar-refractivity contribution is 6.12. The Morgan fingerprint density at radius 1 is 1.57 bits per heavy atom. The molecule has 2 aliphatic heterocycles. The van der Waals surface area contributed by atoms with Gasteiger partial charge in [0.05, 0.1) is 5.92 Å². The standard InChI is InChI=1S/C9H11NO4/c1-3-5-6(12)10-9(4-11)7(13)14-8(5,9)2/h4-5H,3H2,1-2H3,(H,10,12)/t5-,8-,9-/m0/s1. The van der Waals surface area contributed by atoms with E-state index >= 15 is 0 Å². The van der Waals surface area contributed by atoms with E-state index in [1.54, 1.807) is 6.92 Å². The van der Waals surface area contributed by atoms with Crippen molar-refractivity contribution in [2.45, 2.75) is 31.4 Å². The Hall–Kier alpha value is -1.39. The first-order valence-corrected chi connectivity index (χ1v) is 4.53. The zero-order chi connectivity index (χ0) is 10.6. The zero-order valence-corrected chi connectivity index (χ0v) is 7.99. The number of hydrogen-bond donors (Lipinski definition) is 1. The van der Waals surface area contributed by atoms with Gasteiger partial charge >= 0.3 is 5.97 Å². The molecule has 0 saturated carbocycles. The van der Waals surface area contributed by atoms with Crippen molar-refractivity contribution in [3.63, 3.8) is 0 Å². The van der Waals surface area contributed by atoms with Gasteiger partial charge < -0.3 is 10.1 Å². The maximum atomic E-state index is 11.5. The van der Waals surface area contributed by atoms with E-state index in [2.05, 4.69) is 5.32 Å². The molecule has 5 nitrogen and oxygen atoms in total. The van der Waals surface area contributed by atoms with Crippen LogP contribution < -0.4 is 5.32 Å². The molecule has 1 N–H and O–H groups in total. The molecule has 2 fully saturated rings. The summed E-state index contributed by atoms with van der Waals surface area (Å²) >= 11 is 0. The van der Waals surface area contributed by atoms with Gasteiger partial charge in [0.15, 0.2) is 11.9 Å². The van der Waals surface area contributed by atoms with E-state index in [-0.39, 0.29) is 5.91 Å². The molecule has 14 heavy (non-hydrogen) atoms. The maximum Gasteiger partial charge on any atom is 0.344 e. The van der Waals surface area contributed by atoms with E-state index in [1.807, 2.05) is 6.92 Å². The number of amides is 1. The maximum absolute atomic E-state index is 11.5. The molecule has 2 aliphatic rings. The summed E-state index contributed by atoms with van der Waals surface area (Å²) in [5.41, 5.74) is -2.41. The molecule has 0 unspecified atom stereocenters. The second-order valence-corrected chi connectivity index (χ2v) is 3.87. The molecule has 76 valence electrons. The molecule has 0 bridgehead atoms. The van der Waals surface area contributed by atoms with E-state index in [9.17, 15) is 14.4 Å². The number of rotatable bonds is 2. The van der Waals surface area contributed by atoms with E-state index in [4.69, 9.17) is 4.74 Å². The molecular formula is C9H11NO4. The van der Waals surface area contributed by atoms with Crippen LogP contribution in [0.5, 0.6) is 0 Å². The summed E-state index contributed by atoms with van der Waals surface area (Å²) in [5.74, 6) is -1.36. The molecular weight excluding hydrogens is 186 g/mol. The highest BCUT2D eigenvalue weighted by Gasteiger charge is 2.76. The molecule has 5 heteroatoms. The second-order valence-electron chi connectivity index (χ2n) is 3.87. The van der Waals surface area contributed by atoms with Gasteiger partial charge in [-0.05, 0) is 13.3 Å². The predicted octanol–water partition coefficient (Wildman–Crippen LogP) is -0.604. The van der Waals surface area contributed by atoms with Gasteiger partial charge in [0, 0.05) is 0 Å². The minimum Gasteiger partial charge on any atom is -0.453 e. The van der Waals surface area contributed by atoms with Crippen molar-refractivity contribution in [2.75, 3.05) is 0 Å². The Bertz CT molecular complexity index is 340. The summed E-state index contributed by atoms with van der Waals surface area (Å²) in [7, 11) is 0. The number of hydrogen-bond acceptors (Lipinski definition) is 4. The van der Waals surface area contributed by atoms with Gasteiger partial charge in [-0.3, -0.25) is 9.59 Å². The summed E-state index contributed by atoms with van der Waals surface area (Å²) in [5, 5.41) is 2.43. The topological polar surface area (TPSA) is 72.5 Å². The van der Waals surface area contributed by atoms with E-state index < -0.39 is 23.0 Å². The van der Waals surface area contributed by atoms with Crippen molar-refractivity contribution < 1.29 is 19.1 Å². The van der Waals surface area contributed by atoms with Crippen LogP contribution in [0.3, 0.4) is 0 Å². The monoisotopic (exact) mass is 197 g/mol. The summed E-state index contributed by atoms with van der Waals surface area (Å²) < 4.78 is 4.97. The summed E-state index contributed by atoms with van der Waals surface area (Å²) in [6.07, 6.45) is 1.03. The molecule has 1 amide bonds. The summed E-state index contributed by atoms with van der Waals surface area (Å²) in [6.45, 7) is 3.44. The molecule has 2 heterocycles. The molecule has 2 saturated heterocycles. The highest BCUT2D eigenvalue weighted by atomic mass is 16.6. The van der Waals surface area contributed by atoms with Gasteiger partial charge in [0.25, 0.3) is 0 Å². The fourth-order valence-electron chi connectivity index (χ4n) is 2.33. The number of carbonyl (C=O) groups excluding carboxylic acids is 3. The van der Waals surface area contributed by atoms with Crippen LogP contribution in [0, 0.1) is 5.92 Å². The first kappa shape index (κ1) is 9.18. The van der Waals surface area contributed by atoms with E-state index in [0.717, 1.165) is 0 Å². The third kappa shape index (κ3) is 0.657. The fourth-order valence-corrected chi connectivity index (χ4v) is 2.33. The smallest absolute Gasteiger partial charge is 0.344 e. The van der Waals surface area contributed by atoms with Crippen LogP contribution in [0.4, 0.5) is 0 Å². The average molecular weight is 197 g/mol. The van der Waals surface area contributed by atoms with Crippen LogP contribution in [0.15, 0.2) is 0 Å². The van der Waals surface area contributed by atoms with Crippen LogP contribution in [-0.4, -0.2) is 29.3 Å². The molecule has 0 aromatic carbocycles. The average Bonchev–Trinajstić information content (AvgIpc) is 2.30. The Morgan fingerprint density at radius 2 is 2.21 bits per heavy atom. The SMILES string of the molecule is CC[C@H]1C(=O)N[C@@]2(C=O)C(=O)O[C@@]12C. The van der Waals surface area contributed by atoms with Crippen molar-refractivity contribution in [1.29, 1.82) is 0 Å². The lowest BCUT2D eigenvalue weighted by molar-refractivity contribution is -0.214. The molecule has 0 radical (unpaired) electrons. The minimum absolute atomic E-state index is 0.284. The highest BCUT2D eigenvalue weighted by Crippen LogP contribution is 2.48. The number of ether oxygens (including phenoxy) is 1. The molecule has 0 spiro atoms. The largest absolute Gasteiger partial charge is 0.453 e. The van der Waals surface area contributed by atoms with Crippen LogP contribution in [0.2, 0.25) is 0 Å². The normalized spacial score (nSPS) is 44.9. The van der Waals surface area contributed by atoms with Crippen molar-refractivity contribution in [2.24, 2.45) is 5.92 Å². The fraction of sp³-hybridized carbons (Fsp3) is 0.667. The zero-order valence-electron chi connectivity index (χ0n) is 7.99. The Labute approximate surface area is 80.8 Å². The summed E-state index contributed by atoms with van der Waals surface area (Å²) in [6, 6.07) is 0. The predicted molar refractivity (Wildman–Crippen MR) is 45.2 cm³/mol. The first-order valence-electron chi connectivity index (χ1n) is 4.53. The number of carbonyl (C=O) groups is 3. The van der Waals surface area contributed by atoms with Crippen molar-refractivity contribution in [1.82, 2.24) is 5.32 Å². The van der Waals surface area contributed by atoms with Crippen molar-refractivity contribution >= 4 is 18.2 Å². The van der Waals surface area contributed by atoms with Crippen LogP contribution in [-0.2, 0) is 19.1 Å². The van der Waals surface area contributed by atoms with Crippen LogP contribution >= 0.6 is 0 Å². The number of nitrogens with one attached hydrogen (secondary N) is 1. The Kier molecular flexibility index (Phi) is 1.54. The van der Waals surface area contributed by atoms with Gasteiger partial charge in [0.2, 0.25) is 11.4 Å². The lowest BCUT2D eigenvalue weighted by Gasteiger charge is -2.47. The van der Waals surface area contributed by atoms with Gasteiger partial charge in [-0.1, -0.05) is 6.92 Å². The molecule has 0 aliphatic carbocycles. The quantitative estimate of drug-likeness (QED) is 0.364. The van der Waals surface area contributed by atoms with Crippen LogP contribution in [0.1, 0.15) is 20.3 Å². The third-order valence-corrected chi connectivity index (χ3v) is 3.30. The Balaban J connectivity index is 2.47. The molecule has 0 aromatic heterocycles.